The molecule has 0 aromatic heterocycles. The Morgan fingerprint density at radius 1 is 0.972 bits per heavy atom. The van der Waals surface area contributed by atoms with E-state index in [9.17, 15) is 19.2 Å². The molecule has 4 aliphatic carbocycles. The van der Waals surface area contributed by atoms with Crippen LogP contribution in [0.1, 0.15) is 70.3 Å². The summed E-state index contributed by atoms with van der Waals surface area (Å²) >= 11 is 0. The summed E-state index contributed by atoms with van der Waals surface area (Å²) in [5.41, 5.74) is 0.606. The monoisotopic (exact) mass is 497 g/mol. The van der Waals surface area contributed by atoms with Crippen LogP contribution >= 0.6 is 0 Å². The lowest BCUT2D eigenvalue weighted by Crippen LogP contribution is -2.52. The highest BCUT2D eigenvalue weighted by molar-refractivity contribution is 5.91. The number of ether oxygens (including phenoxy) is 1. The van der Waals surface area contributed by atoms with Crippen molar-refractivity contribution in [1.82, 2.24) is 16.0 Å². The topological polar surface area (TPSA) is 114 Å². The maximum absolute atomic E-state index is 13.5. The third kappa shape index (κ3) is 6.45. The average Bonchev–Trinajstić information content (AvgIpc) is 3.26. The highest BCUT2D eigenvalue weighted by atomic mass is 16.5. The Bertz CT molecular complexity index is 936. The molecule has 3 N–H and O–H groups in total. The second kappa shape index (κ2) is 11.9. The standard InChI is InChI=1S/C28H39N3O5/c1-19(32)29-11-6-5-9-24(31-27(35)28-16-21-13-22(17-28)15-23(28)14-21)26(34)30-12-10-25(33)36-18-20-7-3-2-4-8-20/h2-4,7-8,21-24H,5-6,9-18H2,1H3,(H,29,32)(H,30,34)(H,31,35)/t21?,22?,23?,24-,28?/m0/s1. The summed E-state index contributed by atoms with van der Waals surface area (Å²) in [7, 11) is 0. The number of rotatable bonds is 13. The van der Waals surface area contributed by atoms with E-state index in [4.69, 9.17) is 4.74 Å². The molecule has 0 heterocycles. The van der Waals surface area contributed by atoms with Crippen LogP contribution in [0, 0.1) is 23.2 Å². The average molecular weight is 498 g/mol. The Morgan fingerprint density at radius 3 is 2.39 bits per heavy atom. The van der Waals surface area contributed by atoms with Crippen LogP contribution in [0.3, 0.4) is 0 Å². The molecule has 5 rings (SSSR count). The van der Waals surface area contributed by atoms with Crippen molar-refractivity contribution >= 4 is 23.7 Å². The quantitative estimate of drug-likeness (QED) is 0.287. The number of hydrogen-bond acceptors (Lipinski definition) is 5. The van der Waals surface area contributed by atoms with Gasteiger partial charge in [-0.05, 0) is 74.7 Å². The van der Waals surface area contributed by atoms with Crippen molar-refractivity contribution in [3.63, 3.8) is 0 Å². The third-order valence-electron chi connectivity index (χ3n) is 8.23. The number of nitrogens with one attached hydrogen (secondary N) is 3. The van der Waals surface area contributed by atoms with Gasteiger partial charge in [-0.2, -0.15) is 0 Å². The van der Waals surface area contributed by atoms with E-state index < -0.39 is 6.04 Å². The Morgan fingerprint density at radius 2 is 1.69 bits per heavy atom. The molecule has 0 aliphatic heterocycles. The molecule has 8 heteroatoms. The van der Waals surface area contributed by atoms with Crippen molar-refractivity contribution in [2.45, 2.75) is 77.4 Å². The fraction of sp³-hybridized carbons (Fsp3) is 0.643. The maximum atomic E-state index is 13.5. The van der Waals surface area contributed by atoms with E-state index in [0.29, 0.717) is 37.1 Å². The van der Waals surface area contributed by atoms with Gasteiger partial charge in [-0.25, -0.2) is 0 Å². The van der Waals surface area contributed by atoms with Gasteiger partial charge in [-0.3, -0.25) is 19.2 Å². The van der Waals surface area contributed by atoms with Crippen molar-refractivity contribution in [2.24, 2.45) is 23.2 Å². The SMILES string of the molecule is CC(=O)NCCCC[C@H](NC(=O)C12CC3CC(CC1C3)C2)C(=O)NCCC(=O)OCc1ccccc1. The Hall–Kier alpha value is -2.90. The van der Waals surface area contributed by atoms with Gasteiger partial charge in [0.1, 0.15) is 12.6 Å². The van der Waals surface area contributed by atoms with Crippen molar-refractivity contribution in [3.8, 4) is 0 Å². The molecule has 0 radical (unpaired) electrons. The van der Waals surface area contributed by atoms with Gasteiger partial charge in [0.2, 0.25) is 17.7 Å². The van der Waals surface area contributed by atoms with Gasteiger partial charge in [0.15, 0.2) is 0 Å². The van der Waals surface area contributed by atoms with Gasteiger partial charge in [0.05, 0.1) is 11.8 Å². The lowest BCUT2D eigenvalue weighted by atomic mass is 9.74. The molecule has 4 saturated carbocycles. The van der Waals surface area contributed by atoms with Crippen molar-refractivity contribution in [1.29, 1.82) is 0 Å². The first kappa shape index (κ1) is 26.2. The lowest BCUT2D eigenvalue weighted by Gasteiger charge is -2.33. The lowest BCUT2D eigenvalue weighted by molar-refractivity contribution is -0.145. The van der Waals surface area contributed by atoms with Gasteiger partial charge in [-0.15, -0.1) is 0 Å². The summed E-state index contributed by atoms with van der Waals surface area (Å²) in [5, 5.41) is 8.67. The second-order valence-electron chi connectivity index (χ2n) is 10.9. The van der Waals surface area contributed by atoms with Gasteiger partial charge in [0.25, 0.3) is 0 Å². The fourth-order valence-electron chi connectivity index (χ4n) is 6.70. The molecule has 36 heavy (non-hydrogen) atoms. The van der Waals surface area contributed by atoms with E-state index in [0.717, 1.165) is 37.7 Å². The van der Waals surface area contributed by atoms with Crippen LogP contribution in [0.15, 0.2) is 30.3 Å². The first-order valence-electron chi connectivity index (χ1n) is 13.4. The number of carbonyl (C=O) groups excluding carboxylic acids is 4. The number of unbranched alkanes of at least 4 members (excludes halogenated alkanes) is 1. The Balaban J connectivity index is 1.26. The van der Waals surface area contributed by atoms with Crippen molar-refractivity contribution in [3.05, 3.63) is 35.9 Å². The van der Waals surface area contributed by atoms with Crippen molar-refractivity contribution in [2.75, 3.05) is 13.1 Å². The molecule has 3 atom stereocenters. The normalized spacial score (nSPS) is 26.3. The Labute approximate surface area is 213 Å². The van der Waals surface area contributed by atoms with Crippen LogP contribution in [0.25, 0.3) is 0 Å². The molecular weight excluding hydrogens is 458 g/mol. The van der Waals surface area contributed by atoms with Crippen LogP contribution < -0.4 is 16.0 Å². The molecule has 1 aromatic rings. The van der Waals surface area contributed by atoms with Crippen molar-refractivity contribution < 1.29 is 23.9 Å². The highest BCUT2D eigenvalue weighted by Crippen LogP contribution is 2.65. The molecule has 0 saturated heterocycles. The van der Waals surface area contributed by atoms with Crippen LogP contribution in [-0.2, 0) is 30.5 Å². The largest absolute Gasteiger partial charge is 0.461 e. The number of amides is 3. The van der Waals surface area contributed by atoms with Crippen LogP contribution in [0.4, 0.5) is 0 Å². The van der Waals surface area contributed by atoms with E-state index in [-0.39, 0.29) is 48.7 Å². The molecule has 8 nitrogen and oxygen atoms in total. The van der Waals surface area contributed by atoms with Gasteiger partial charge in [0, 0.05) is 20.0 Å². The van der Waals surface area contributed by atoms with Gasteiger partial charge in [-0.1, -0.05) is 30.3 Å². The third-order valence-corrected chi connectivity index (χ3v) is 8.23. The number of benzene rings is 1. The molecule has 4 bridgehead atoms. The minimum atomic E-state index is -0.650. The predicted octanol–water partition coefficient (Wildman–Crippen LogP) is 2.85. The molecule has 3 amide bonds. The number of esters is 1. The van der Waals surface area contributed by atoms with Crippen LogP contribution in [-0.4, -0.2) is 42.8 Å². The molecule has 4 fully saturated rings. The zero-order valence-corrected chi connectivity index (χ0v) is 21.2. The second-order valence-corrected chi connectivity index (χ2v) is 10.9. The van der Waals surface area contributed by atoms with E-state index in [1.54, 1.807) is 0 Å². The first-order valence-corrected chi connectivity index (χ1v) is 13.4. The van der Waals surface area contributed by atoms with Crippen LogP contribution in [0.5, 0.6) is 0 Å². The molecule has 0 spiro atoms. The minimum absolute atomic E-state index is 0.0291. The molecule has 196 valence electrons. The zero-order chi connectivity index (χ0) is 25.5. The van der Waals surface area contributed by atoms with E-state index in [2.05, 4.69) is 16.0 Å². The molecule has 2 unspecified atom stereocenters. The summed E-state index contributed by atoms with van der Waals surface area (Å²) in [6.45, 7) is 2.37. The minimum Gasteiger partial charge on any atom is -0.461 e. The summed E-state index contributed by atoms with van der Waals surface area (Å²) in [6, 6.07) is 8.79. The number of hydrogen-bond donors (Lipinski definition) is 3. The summed E-state index contributed by atoms with van der Waals surface area (Å²) in [5.74, 6) is 1.05. The number of carbonyl (C=O) groups is 4. The molecular formula is C28H39N3O5. The Kier molecular flexibility index (Phi) is 8.64. The van der Waals surface area contributed by atoms with Crippen LogP contribution in [0.2, 0.25) is 0 Å². The van der Waals surface area contributed by atoms with Gasteiger partial charge < -0.3 is 20.7 Å². The van der Waals surface area contributed by atoms with Gasteiger partial charge >= 0.3 is 5.97 Å². The molecule has 1 aromatic carbocycles. The summed E-state index contributed by atoms with van der Waals surface area (Å²) in [6.07, 6.45) is 7.40. The summed E-state index contributed by atoms with van der Waals surface area (Å²) in [4.78, 5) is 49.7. The highest BCUT2D eigenvalue weighted by Gasteiger charge is 2.61. The predicted molar refractivity (Wildman–Crippen MR) is 134 cm³/mol. The zero-order valence-electron chi connectivity index (χ0n) is 21.2. The van der Waals surface area contributed by atoms with E-state index in [1.807, 2.05) is 30.3 Å². The van der Waals surface area contributed by atoms with E-state index in [1.165, 1.54) is 13.3 Å². The van der Waals surface area contributed by atoms with E-state index >= 15 is 0 Å². The fourth-order valence-corrected chi connectivity index (χ4v) is 6.70. The molecule has 4 aliphatic rings. The smallest absolute Gasteiger partial charge is 0.307 e. The first-order chi connectivity index (χ1) is 17.4. The maximum Gasteiger partial charge on any atom is 0.307 e. The summed E-state index contributed by atoms with van der Waals surface area (Å²) < 4.78 is 5.28.